The first-order valence-corrected chi connectivity index (χ1v) is 27.4. The number of likely N-dealkylation sites (N-methyl/N-ethyl adjacent to an activating group) is 2. The maximum atomic E-state index is 12.9. The lowest BCUT2D eigenvalue weighted by atomic mass is 9.85. The number of hydrogen-bond donors (Lipinski definition) is 4. The van der Waals surface area contributed by atoms with E-state index in [0.29, 0.717) is 33.2 Å². The topological polar surface area (TPSA) is 203 Å². The van der Waals surface area contributed by atoms with Crippen LogP contribution >= 0.6 is 46.4 Å². The molecule has 0 radical (unpaired) electrons. The van der Waals surface area contributed by atoms with Gasteiger partial charge < -0.3 is 44.1 Å². The molecule has 0 fully saturated rings. The van der Waals surface area contributed by atoms with Crippen LogP contribution in [0.15, 0.2) is 82.6 Å². The van der Waals surface area contributed by atoms with Gasteiger partial charge in [0.2, 0.25) is 31.9 Å². The van der Waals surface area contributed by atoms with Crippen molar-refractivity contribution in [2.75, 3.05) is 119 Å². The van der Waals surface area contributed by atoms with Crippen LogP contribution in [0.3, 0.4) is 0 Å². The number of nitrogens with zero attached hydrogens (tertiary/aromatic N) is 2. The zero-order valence-corrected chi connectivity index (χ0v) is 44.2. The summed E-state index contributed by atoms with van der Waals surface area (Å²) in [6.45, 7) is 4.44. The van der Waals surface area contributed by atoms with Crippen LogP contribution < -0.4 is 20.1 Å². The average molecular weight is 1100 g/mol. The standard InChI is InChI=1S/C48H60Cl4N6O11S2/c1-57-27-41(39-23-35(49)25-45(51)43(39)29-57)33-3-7-37(8-4-33)70(61,62)55-13-17-67-21-19-65-15-11-53-47(59)31-69-32-48(60)54-12-16-66-20-22-68-18-14-56-71(63,64)38-9-5-34(6-10-38)42-28-58(2)30-44-40(42)24-36(50)26-46(44)52/h3-10,23-26,41-42,55-56H,11-22,27-32H2,1-2H3,(H,53,59)(H,54,60). The van der Waals surface area contributed by atoms with Crippen LogP contribution in [0.5, 0.6) is 0 Å². The van der Waals surface area contributed by atoms with Gasteiger partial charge in [-0.15, -0.1) is 0 Å². The molecule has 6 rings (SSSR count). The Morgan fingerprint density at radius 1 is 0.521 bits per heavy atom. The molecule has 2 aliphatic rings. The van der Waals surface area contributed by atoms with E-state index < -0.39 is 31.9 Å². The number of rotatable bonds is 28. The molecule has 0 aliphatic carbocycles. The Kier molecular flexibility index (Phi) is 22.2. The molecule has 0 bridgehead atoms. The normalized spacial score (nSPS) is 16.4. The molecule has 388 valence electrons. The molecule has 0 aromatic heterocycles. The summed E-state index contributed by atoms with van der Waals surface area (Å²) in [7, 11) is -3.49. The predicted molar refractivity (Wildman–Crippen MR) is 273 cm³/mol. The first-order valence-electron chi connectivity index (χ1n) is 22.9. The van der Waals surface area contributed by atoms with Crippen molar-refractivity contribution in [2.45, 2.75) is 34.7 Å². The number of sulfonamides is 2. The van der Waals surface area contributed by atoms with E-state index in [-0.39, 0.29) is 114 Å². The number of carbonyl (C=O) groups is 2. The summed E-state index contributed by atoms with van der Waals surface area (Å²) < 4.78 is 83.8. The van der Waals surface area contributed by atoms with E-state index in [9.17, 15) is 26.4 Å². The van der Waals surface area contributed by atoms with E-state index in [4.69, 9.17) is 70.1 Å². The van der Waals surface area contributed by atoms with E-state index in [1.165, 1.54) is 0 Å². The maximum absolute atomic E-state index is 12.9. The Bertz CT molecular complexity index is 2460. The highest BCUT2D eigenvalue weighted by Crippen LogP contribution is 2.40. The van der Waals surface area contributed by atoms with Crippen molar-refractivity contribution in [1.82, 2.24) is 29.9 Å². The van der Waals surface area contributed by atoms with E-state index in [1.807, 2.05) is 50.5 Å². The molecular formula is C48H60Cl4N6O11S2. The molecule has 0 spiro atoms. The highest BCUT2D eigenvalue weighted by molar-refractivity contribution is 7.89. The van der Waals surface area contributed by atoms with Gasteiger partial charge in [0.15, 0.2) is 0 Å². The molecule has 4 aromatic rings. The van der Waals surface area contributed by atoms with E-state index in [2.05, 4.69) is 29.9 Å². The predicted octanol–water partition coefficient (Wildman–Crippen LogP) is 5.03. The zero-order chi connectivity index (χ0) is 51.0. The van der Waals surface area contributed by atoms with Crippen molar-refractivity contribution in [3.63, 3.8) is 0 Å². The summed E-state index contributed by atoms with van der Waals surface area (Å²) in [6, 6.07) is 20.9. The molecule has 2 amide bonds. The Balaban J connectivity index is 0.718. The van der Waals surface area contributed by atoms with Gasteiger partial charge in [0, 0.05) is 84.3 Å². The van der Waals surface area contributed by atoms with Gasteiger partial charge in [-0.1, -0.05) is 70.7 Å². The van der Waals surface area contributed by atoms with Gasteiger partial charge >= 0.3 is 0 Å². The van der Waals surface area contributed by atoms with Crippen molar-refractivity contribution in [3.05, 3.63) is 126 Å². The number of fused-ring (bicyclic) bond motifs is 2. The number of carbonyl (C=O) groups excluding carboxylic acids is 2. The third-order valence-corrected chi connectivity index (χ3v) is 15.7. The van der Waals surface area contributed by atoms with Crippen molar-refractivity contribution >= 4 is 78.3 Å². The van der Waals surface area contributed by atoms with Crippen molar-refractivity contribution in [2.24, 2.45) is 0 Å². The summed E-state index contributed by atoms with van der Waals surface area (Å²) in [5, 5.41) is 7.61. The first kappa shape index (κ1) is 56.8. The van der Waals surface area contributed by atoms with Crippen LogP contribution in [0, 0.1) is 0 Å². The van der Waals surface area contributed by atoms with Crippen molar-refractivity contribution in [1.29, 1.82) is 0 Å². The molecule has 2 unspecified atom stereocenters. The highest BCUT2D eigenvalue weighted by atomic mass is 35.5. The lowest BCUT2D eigenvalue weighted by molar-refractivity contribution is -0.131. The smallest absolute Gasteiger partial charge is 0.246 e. The number of ether oxygens (including phenoxy) is 5. The Labute approximate surface area is 436 Å². The monoisotopic (exact) mass is 1100 g/mol. The lowest BCUT2D eigenvalue weighted by Crippen LogP contribution is -2.34. The second-order valence-electron chi connectivity index (χ2n) is 17.0. The second kappa shape index (κ2) is 27.7. The second-order valence-corrected chi connectivity index (χ2v) is 22.2. The minimum atomic E-state index is -3.76. The Hall–Kier alpha value is -3.48. The van der Waals surface area contributed by atoms with Gasteiger partial charge in [-0.3, -0.25) is 9.59 Å². The van der Waals surface area contributed by atoms with E-state index in [0.717, 1.165) is 46.5 Å². The molecule has 2 aliphatic heterocycles. The summed E-state index contributed by atoms with van der Waals surface area (Å²) in [5.41, 5.74) is 6.04. The van der Waals surface area contributed by atoms with Crippen LogP contribution in [0.4, 0.5) is 0 Å². The Morgan fingerprint density at radius 3 is 1.24 bits per heavy atom. The van der Waals surface area contributed by atoms with Gasteiger partial charge in [-0.2, -0.15) is 0 Å². The molecule has 23 heteroatoms. The Morgan fingerprint density at radius 2 is 0.873 bits per heavy atom. The lowest BCUT2D eigenvalue weighted by Gasteiger charge is -2.33. The molecule has 2 heterocycles. The number of amides is 2. The fourth-order valence-corrected chi connectivity index (χ4v) is 11.4. The minimum absolute atomic E-state index is 0.00724. The van der Waals surface area contributed by atoms with Gasteiger partial charge in [-0.05, 0) is 96.0 Å². The fourth-order valence-electron chi connectivity index (χ4n) is 8.19. The average Bonchev–Trinajstić information content (AvgIpc) is 3.33. The van der Waals surface area contributed by atoms with E-state index in [1.54, 1.807) is 36.4 Å². The third kappa shape index (κ3) is 17.3. The fraction of sp³-hybridized carbons (Fsp3) is 0.458. The molecule has 17 nitrogen and oxygen atoms in total. The SMILES string of the molecule is CN1Cc2c(Cl)cc(Cl)cc2C(c2ccc(S(=O)(=O)NCCOCCOCCNC(=O)COCC(=O)NCCOCCOCCNS(=O)(=O)c3ccc(C4CN(C)Cc5c(Cl)cc(Cl)cc54)cc3)cc2)C1. The molecule has 71 heavy (non-hydrogen) atoms. The van der Waals surface area contributed by atoms with Crippen LogP contribution in [0.25, 0.3) is 0 Å². The number of hydrogen-bond acceptors (Lipinski definition) is 13. The molecule has 4 N–H and O–H groups in total. The summed E-state index contributed by atoms with van der Waals surface area (Å²) >= 11 is 25.6. The highest BCUT2D eigenvalue weighted by Gasteiger charge is 2.29. The van der Waals surface area contributed by atoms with Gasteiger partial charge in [0.1, 0.15) is 13.2 Å². The molecule has 4 aromatic carbocycles. The molecule has 0 saturated heterocycles. The molecular weight excluding hydrogens is 1040 g/mol. The van der Waals surface area contributed by atoms with Gasteiger partial charge in [-0.25, -0.2) is 26.3 Å². The maximum Gasteiger partial charge on any atom is 0.246 e. The van der Waals surface area contributed by atoms with Gasteiger partial charge in [0.25, 0.3) is 0 Å². The summed E-state index contributed by atoms with van der Waals surface area (Å²) in [4.78, 5) is 28.7. The quantitative estimate of drug-likeness (QED) is 0.0553. The van der Waals surface area contributed by atoms with Crippen LogP contribution in [0.2, 0.25) is 20.1 Å². The summed E-state index contributed by atoms with van der Waals surface area (Å²) in [5.74, 6) is -0.850. The van der Waals surface area contributed by atoms with Crippen LogP contribution in [-0.2, 0) is 66.4 Å². The van der Waals surface area contributed by atoms with E-state index >= 15 is 0 Å². The van der Waals surface area contributed by atoms with Crippen LogP contribution in [0.1, 0.15) is 45.2 Å². The molecule has 0 saturated carbocycles. The zero-order valence-electron chi connectivity index (χ0n) is 39.5. The third-order valence-electron chi connectivity index (χ3n) is 11.6. The minimum Gasteiger partial charge on any atom is -0.378 e. The number of nitrogens with one attached hydrogen (secondary N) is 4. The van der Waals surface area contributed by atoms with Gasteiger partial charge in [0.05, 0.1) is 62.6 Å². The molecule has 2 atom stereocenters. The number of halogens is 4. The largest absolute Gasteiger partial charge is 0.378 e. The van der Waals surface area contributed by atoms with Crippen molar-refractivity contribution in [3.8, 4) is 0 Å². The first-order chi connectivity index (χ1) is 34.0. The van der Waals surface area contributed by atoms with Crippen molar-refractivity contribution < 1.29 is 50.1 Å². The number of benzene rings is 4. The van der Waals surface area contributed by atoms with Crippen LogP contribution in [-0.4, -0.2) is 158 Å². The summed E-state index contributed by atoms with van der Waals surface area (Å²) in [6.07, 6.45) is 0.